The fraction of sp³-hybridized carbons (Fsp3) is 0.400. The molecule has 2 aromatic rings. The van der Waals surface area contributed by atoms with Crippen LogP contribution in [0, 0.1) is 6.92 Å². The zero-order valence-electron chi connectivity index (χ0n) is 19.1. The van der Waals surface area contributed by atoms with Crippen molar-refractivity contribution in [2.24, 2.45) is 0 Å². The molecule has 11 nitrogen and oxygen atoms in total. The predicted molar refractivity (Wildman–Crippen MR) is 130 cm³/mol. The van der Waals surface area contributed by atoms with E-state index in [1.165, 1.54) is 25.3 Å². The molecule has 5 N–H and O–H groups in total. The summed E-state index contributed by atoms with van der Waals surface area (Å²) >= 11 is 0.750. The van der Waals surface area contributed by atoms with Gasteiger partial charge in [-0.2, -0.15) is 12.8 Å². The third-order valence-electron chi connectivity index (χ3n) is 4.92. The van der Waals surface area contributed by atoms with Crippen molar-refractivity contribution in [1.29, 1.82) is 0 Å². The number of sulfone groups is 1. The molecule has 0 saturated heterocycles. The smallest absolute Gasteiger partial charge is 0.296 e. The van der Waals surface area contributed by atoms with Crippen molar-refractivity contribution in [3.8, 4) is 5.75 Å². The second-order valence-electron chi connectivity index (χ2n) is 7.26. The number of nitrogens with two attached hydrogens (primary N) is 2. The largest absolute Gasteiger partial charge is 0.495 e. The quantitative estimate of drug-likeness (QED) is 0.0853. The monoisotopic (exact) mass is 535 g/mol. The number of hydrogen-bond donors (Lipinski definition) is 3. The first kappa shape index (κ1) is 28.2. The summed E-state index contributed by atoms with van der Waals surface area (Å²) in [4.78, 5) is 7.10. The van der Waals surface area contributed by atoms with Gasteiger partial charge in [0.15, 0.2) is 9.84 Å². The number of aryl methyl sites for hydroxylation is 1. The van der Waals surface area contributed by atoms with Gasteiger partial charge >= 0.3 is 0 Å². The van der Waals surface area contributed by atoms with Crippen molar-refractivity contribution in [3.63, 3.8) is 0 Å². The van der Waals surface area contributed by atoms with Crippen LogP contribution < -0.4 is 16.2 Å². The molecule has 0 heterocycles. The normalized spacial score (nSPS) is 12.3. The topological polar surface area (TPSA) is 171 Å². The number of nitrogen functional groups attached to an aromatic ring is 2. The number of anilines is 2. The van der Waals surface area contributed by atoms with Crippen molar-refractivity contribution in [2.45, 2.75) is 28.5 Å². The summed E-state index contributed by atoms with van der Waals surface area (Å²) < 4.78 is 67.7. The number of likely N-dealkylation sites (N-methyl/N-ethyl adjacent to an activating group) is 1. The molecular formula is C20H29N3O8S3. The van der Waals surface area contributed by atoms with Crippen molar-refractivity contribution in [2.75, 3.05) is 50.6 Å². The molecule has 0 saturated carbocycles. The summed E-state index contributed by atoms with van der Waals surface area (Å²) in [6, 6.07) is 7.01. The Morgan fingerprint density at radius 2 is 1.74 bits per heavy atom. The Morgan fingerprint density at radius 3 is 2.35 bits per heavy atom. The molecule has 0 aromatic heterocycles. The molecular weight excluding hydrogens is 506 g/mol. The summed E-state index contributed by atoms with van der Waals surface area (Å²) in [6.07, 6.45) is 0. The highest BCUT2D eigenvalue weighted by Crippen LogP contribution is 2.29. The van der Waals surface area contributed by atoms with Gasteiger partial charge in [-0.1, -0.05) is 6.92 Å². The molecule has 0 amide bonds. The third kappa shape index (κ3) is 7.73. The van der Waals surface area contributed by atoms with E-state index in [1.54, 1.807) is 13.0 Å². The number of nitrogens with zero attached hydrogens (tertiary/aromatic N) is 1. The minimum absolute atomic E-state index is 0.0890. The van der Waals surface area contributed by atoms with Crippen LogP contribution in [-0.4, -0.2) is 65.4 Å². The van der Waals surface area contributed by atoms with E-state index in [0.717, 1.165) is 18.1 Å². The number of hydrogen-bond acceptors (Lipinski definition) is 11. The minimum Gasteiger partial charge on any atom is -0.495 e. The fourth-order valence-corrected chi connectivity index (χ4v) is 5.80. The number of methoxy groups -OCH3 is 1. The number of ether oxygens (including phenoxy) is 1. The first-order valence-electron chi connectivity index (χ1n) is 10.1. The first-order chi connectivity index (χ1) is 15.9. The third-order valence-corrected chi connectivity index (χ3v) is 8.27. The van der Waals surface area contributed by atoms with Crippen LogP contribution in [0.2, 0.25) is 0 Å². The highest BCUT2D eigenvalue weighted by atomic mass is 32.2. The lowest BCUT2D eigenvalue weighted by Gasteiger charge is -2.20. The van der Waals surface area contributed by atoms with Crippen molar-refractivity contribution >= 4 is 43.4 Å². The molecule has 190 valence electrons. The molecule has 0 radical (unpaired) electrons. The summed E-state index contributed by atoms with van der Waals surface area (Å²) in [5.41, 5.74) is 12.2. The molecule has 0 spiro atoms. The van der Waals surface area contributed by atoms with Gasteiger partial charge in [-0.25, -0.2) is 13.3 Å². The molecule has 0 aliphatic rings. The van der Waals surface area contributed by atoms with Crippen molar-refractivity contribution in [3.05, 3.63) is 35.9 Å². The van der Waals surface area contributed by atoms with Gasteiger partial charge in [0.1, 0.15) is 10.6 Å². The van der Waals surface area contributed by atoms with Crippen LogP contribution in [-0.2, 0) is 29.2 Å². The molecule has 0 fully saturated rings. The van der Waals surface area contributed by atoms with Gasteiger partial charge < -0.3 is 21.1 Å². The summed E-state index contributed by atoms with van der Waals surface area (Å²) in [5, 5.41) is 0. The SMILES string of the molecule is CCN(CCOOSc1ccc(N)c(S(=O)(=O)O)c1)CCS(=O)(=O)c1cc(OC)c(N)cc1C. The van der Waals surface area contributed by atoms with Crippen LogP contribution in [0.15, 0.2) is 45.0 Å². The number of benzene rings is 2. The standard InChI is InChI=1S/C20H29N3O8S3/c1-4-23(8-10-33(24,25)19-13-18(29-3)17(22)11-14(19)2)7-9-30-31-32-15-5-6-16(21)20(12-15)34(26,27)28/h5-6,11-13H,4,7-10,21-22H2,1-3H3,(H,26,27,28). The maximum Gasteiger partial charge on any atom is 0.296 e. The molecule has 2 aromatic carbocycles. The van der Waals surface area contributed by atoms with E-state index in [2.05, 4.69) is 0 Å². The van der Waals surface area contributed by atoms with Crippen LogP contribution in [0.5, 0.6) is 5.75 Å². The maximum absolute atomic E-state index is 12.9. The highest BCUT2D eigenvalue weighted by Gasteiger charge is 2.21. The molecule has 0 aliphatic carbocycles. The van der Waals surface area contributed by atoms with Crippen molar-refractivity contribution in [1.82, 2.24) is 4.90 Å². The Morgan fingerprint density at radius 1 is 1.03 bits per heavy atom. The fourth-order valence-electron chi connectivity index (χ4n) is 3.04. The van der Waals surface area contributed by atoms with Crippen LogP contribution in [0.1, 0.15) is 12.5 Å². The second kappa shape index (κ2) is 12.1. The summed E-state index contributed by atoms with van der Waals surface area (Å²) in [7, 11) is -6.60. The lowest BCUT2D eigenvalue weighted by atomic mass is 10.2. The second-order valence-corrected chi connectivity index (χ2v) is 11.5. The van der Waals surface area contributed by atoms with Gasteiger partial charge in [-0.05, 0) is 43.3 Å². The zero-order chi connectivity index (χ0) is 25.5. The Kier molecular flexibility index (Phi) is 9.99. The van der Waals surface area contributed by atoms with E-state index in [4.69, 9.17) is 25.4 Å². The predicted octanol–water partition coefficient (Wildman–Crippen LogP) is 2.17. The van der Waals surface area contributed by atoms with Crippen LogP contribution in [0.4, 0.5) is 11.4 Å². The van der Waals surface area contributed by atoms with E-state index in [0.29, 0.717) is 35.0 Å². The molecule has 14 heteroatoms. The van der Waals surface area contributed by atoms with Crippen LogP contribution >= 0.6 is 12.0 Å². The maximum atomic E-state index is 12.9. The average molecular weight is 536 g/mol. The number of rotatable bonds is 13. The van der Waals surface area contributed by atoms with Crippen LogP contribution in [0.25, 0.3) is 0 Å². The van der Waals surface area contributed by atoms with Gasteiger partial charge in [0, 0.05) is 24.1 Å². The molecule has 0 bridgehead atoms. The molecule has 0 atom stereocenters. The Balaban J connectivity index is 1.86. The zero-order valence-corrected chi connectivity index (χ0v) is 21.5. The van der Waals surface area contributed by atoms with E-state index >= 15 is 0 Å². The van der Waals surface area contributed by atoms with Gasteiger partial charge in [0.05, 0.1) is 47.8 Å². The average Bonchev–Trinajstić information content (AvgIpc) is 2.75. The summed E-state index contributed by atoms with van der Waals surface area (Å²) in [5.74, 6) is 0.207. The minimum atomic E-state index is -4.46. The van der Waals surface area contributed by atoms with Crippen LogP contribution in [0.3, 0.4) is 0 Å². The Hall–Kier alpha value is -2.07. The highest BCUT2D eigenvalue weighted by molar-refractivity contribution is 7.94. The van der Waals surface area contributed by atoms with E-state index < -0.39 is 24.9 Å². The first-order valence-corrected chi connectivity index (χ1v) is 13.9. The Bertz CT molecular complexity index is 1200. The van der Waals surface area contributed by atoms with Gasteiger partial charge in [0.2, 0.25) is 0 Å². The van der Waals surface area contributed by atoms with E-state index in [1.807, 2.05) is 11.8 Å². The van der Waals surface area contributed by atoms with Gasteiger partial charge in [0.25, 0.3) is 10.1 Å². The van der Waals surface area contributed by atoms with E-state index in [-0.39, 0.29) is 29.5 Å². The Labute approximate surface area is 204 Å². The molecule has 34 heavy (non-hydrogen) atoms. The van der Waals surface area contributed by atoms with Crippen molar-refractivity contribution < 1.29 is 35.3 Å². The lowest BCUT2D eigenvalue weighted by molar-refractivity contribution is -0.193. The molecule has 0 unspecified atom stereocenters. The van der Waals surface area contributed by atoms with Gasteiger partial charge in [-0.3, -0.25) is 4.55 Å². The summed E-state index contributed by atoms with van der Waals surface area (Å²) in [6.45, 7) is 4.97. The van der Waals surface area contributed by atoms with Gasteiger partial charge in [-0.15, -0.1) is 0 Å². The van der Waals surface area contributed by atoms with E-state index in [9.17, 15) is 21.4 Å². The lowest BCUT2D eigenvalue weighted by Crippen LogP contribution is -2.32. The molecule has 2 rings (SSSR count). The molecule has 0 aliphatic heterocycles.